The van der Waals surface area contributed by atoms with Gasteiger partial charge in [-0.2, -0.15) is 0 Å². The summed E-state index contributed by atoms with van der Waals surface area (Å²) < 4.78 is 12.2. The highest BCUT2D eigenvalue weighted by Crippen LogP contribution is 2.77. The maximum Gasteiger partial charge on any atom is 0.302 e. The van der Waals surface area contributed by atoms with Crippen LogP contribution in [0.3, 0.4) is 0 Å². The lowest BCUT2D eigenvalue weighted by molar-refractivity contribution is -0.163. The minimum absolute atomic E-state index is 0.0244. The van der Waals surface area contributed by atoms with Crippen LogP contribution in [0.25, 0.3) is 0 Å². The number of epoxide rings is 1. The van der Waals surface area contributed by atoms with Crippen LogP contribution in [0.5, 0.6) is 0 Å². The second-order valence-corrected chi connectivity index (χ2v) is 12.7. The number of ketones is 1. The van der Waals surface area contributed by atoms with Crippen LogP contribution in [-0.2, 0) is 19.1 Å². The minimum atomic E-state index is -0.160. The second-order valence-electron chi connectivity index (χ2n) is 12.7. The summed E-state index contributed by atoms with van der Waals surface area (Å²) in [6.07, 6.45) is 13.1. The summed E-state index contributed by atoms with van der Waals surface area (Å²) in [6, 6.07) is 0. The molecule has 31 heavy (non-hydrogen) atoms. The Morgan fingerprint density at radius 3 is 2.42 bits per heavy atom. The zero-order valence-electron chi connectivity index (χ0n) is 19.9. The topological polar surface area (TPSA) is 55.9 Å². The Balaban J connectivity index is 1.33. The first kappa shape index (κ1) is 20.7. The Bertz CT molecular complexity index is 822. The molecule has 172 valence electrons. The van der Waals surface area contributed by atoms with Crippen LogP contribution in [-0.4, -0.2) is 29.6 Å². The van der Waals surface area contributed by atoms with Crippen molar-refractivity contribution in [1.82, 2.24) is 0 Å². The van der Waals surface area contributed by atoms with Crippen molar-refractivity contribution in [2.75, 3.05) is 0 Å². The second kappa shape index (κ2) is 6.36. The average Bonchev–Trinajstić information content (AvgIpc) is 3.33. The third kappa shape index (κ3) is 2.36. The number of Topliss-reactive ketones (excluding diaryl/α,β-unsaturated/α-hetero) is 1. The summed E-state index contributed by atoms with van der Waals surface area (Å²) in [5.74, 6) is 2.98. The fraction of sp³-hybridized carbons (Fsp3) is 0.926. The molecule has 1 spiro atoms. The molecule has 0 aromatic rings. The number of fused-ring (bicyclic) bond motifs is 6. The van der Waals surface area contributed by atoms with Crippen molar-refractivity contribution in [2.24, 2.45) is 39.9 Å². The minimum Gasteiger partial charge on any atom is -0.462 e. The molecule has 4 nitrogen and oxygen atoms in total. The van der Waals surface area contributed by atoms with Gasteiger partial charge in [0.1, 0.15) is 17.5 Å². The number of hydrogen-bond donors (Lipinski definition) is 0. The molecule has 0 amide bonds. The van der Waals surface area contributed by atoms with Crippen LogP contribution < -0.4 is 0 Å². The molecule has 1 saturated heterocycles. The van der Waals surface area contributed by atoms with Gasteiger partial charge >= 0.3 is 5.97 Å². The number of carbonyl (C=O) groups excluding carboxylic acids is 2. The highest BCUT2D eigenvalue weighted by Gasteiger charge is 2.78. The molecule has 0 aromatic carbocycles. The van der Waals surface area contributed by atoms with Gasteiger partial charge in [0, 0.05) is 24.2 Å². The first-order chi connectivity index (χ1) is 14.7. The Morgan fingerprint density at radius 2 is 1.68 bits per heavy atom. The lowest BCUT2D eigenvalue weighted by atomic mass is 9.42. The largest absolute Gasteiger partial charge is 0.462 e. The fourth-order valence-corrected chi connectivity index (χ4v) is 10.8. The molecule has 1 heterocycles. The highest BCUT2D eigenvalue weighted by molar-refractivity contribution is 5.84. The van der Waals surface area contributed by atoms with Crippen molar-refractivity contribution in [3.05, 3.63) is 0 Å². The zero-order chi connectivity index (χ0) is 21.8. The molecule has 0 bridgehead atoms. The predicted molar refractivity (Wildman–Crippen MR) is 117 cm³/mol. The van der Waals surface area contributed by atoms with Gasteiger partial charge in [-0.05, 0) is 87.4 Å². The smallest absolute Gasteiger partial charge is 0.302 e. The van der Waals surface area contributed by atoms with Crippen LogP contribution in [0.4, 0.5) is 0 Å². The van der Waals surface area contributed by atoms with Crippen LogP contribution in [0.1, 0.15) is 98.3 Å². The number of hydrogen-bond acceptors (Lipinski definition) is 4. The van der Waals surface area contributed by atoms with E-state index in [1.54, 1.807) is 0 Å². The number of rotatable bonds is 2. The molecule has 4 heteroatoms. The Morgan fingerprint density at radius 1 is 0.903 bits per heavy atom. The molecule has 0 unspecified atom stereocenters. The van der Waals surface area contributed by atoms with Crippen molar-refractivity contribution in [1.29, 1.82) is 0 Å². The molecular weight excluding hydrogens is 388 g/mol. The van der Waals surface area contributed by atoms with Gasteiger partial charge in [0.2, 0.25) is 0 Å². The Kier molecular flexibility index (Phi) is 4.25. The molecular formula is C27H40O4. The summed E-state index contributed by atoms with van der Waals surface area (Å²) in [5.41, 5.74) is 0.235. The van der Waals surface area contributed by atoms with Crippen molar-refractivity contribution < 1.29 is 19.1 Å². The number of carbonyl (C=O) groups is 2. The Labute approximate surface area is 187 Å². The van der Waals surface area contributed by atoms with E-state index in [1.165, 1.54) is 45.4 Å². The first-order valence-electron chi connectivity index (χ1n) is 13.0. The SMILES string of the molecule is CC(=O)O[C@@H]1CC[C@]2(C)[C@@H]3CC[C@@]4(C)[C@H](C[C@@H]5CCCC[C@@]54C(C)=O)[C@@H]3C[C@H]3O[C@]32C1. The van der Waals surface area contributed by atoms with Crippen LogP contribution in [0.15, 0.2) is 0 Å². The molecule has 5 saturated carbocycles. The van der Waals surface area contributed by atoms with E-state index in [0.29, 0.717) is 35.6 Å². The summed E-state index contributed by atoms with van der Waals surface area (Å²) in [5, 5.41) is 0. The van der Waals surface area contributed by atoms with E-state index in [0.717, 1.165) is 32.1 Å². The monoisotopic (exact) mass is 428 g/mol. The molecule has 6 rings (SSSR count). The molecule has 1 aliphatic heterocycles. The van der Waals surface area contributed by atoms with E-state index in [4.69, 9.17) is 9.47 Å². The number of esters is 1. The summed E-state index contributed by atoms with van der Waals surface area (Å²) in [7, 11) is 0. The summed E-state index contributed by atoms with van der Waals surface area (Å²) in [6.45, 7) is 8.45. The van der Waals surface area contributed by atoms with Gasteiger partial charge in [0.05, 0.1) is 6.10 Å². The zero-order valence-corrected chi connectivity index (χ0v) is 19.9. The van der Waals surface area contributed by atoms with E-state index in [2.05, 4.69) is 13.8 Å². The average molecular weight is 429 g/mol. The van der Waals surface area contributed by atoms with Crippen molar-refractivity contribution in [2.45, 2.75) is 116 Å². The summed E-state index contributed by atoms with van der Waals surface area (Å²) >= 11 is 0. The van der Waals surface area contributed by atoms with Gasteiger partial charge in [-0.15, -0.1) is 0 Å². The molecule has 6 aliphatic rings. The Hall–Kier alpha value is -0.900. The first-order valence-corrected chi connectivity index (χ1v) is 13.0. The standard InChI is InChI=1S/C27H40O4/c1-16(28)26-10-6-5-7-18(26)13-22-20-14-23-27(31-23)15-19(30-17(2)29)8-11-25(27,4)21(20)9-12-24(22,26)3/h18-23H,5-15H2,1-4H3/t18-,19+,20+,21+,22+,23+,24-,25+,26+,27+/m0/s1. The third-order valence-corrected chi connectivity index (χ3v) is 12.0. The van der Waals surface area contributed by atoms with Crippen molar-refractivity contribution >= 4 is 11.8 Å². The predicted octanol–water partition coefficient (Wildman–Crippen LogP) is 5.47. The van der Waals surface area contributed by atoms with E-state index in [9.17, 15) is 9.59 Å². The van der Waals surface area contributed by atoms with Gasteiger partial charge in [0.25, 0.3) is 0 Å². The van der Waals surface area contributed by atoms with Crippen molar-refractivity contribution in [3.63, 3.8) is 0 Å². The maximum absolute atomic E-state index is 13.2. The summed E-state index contributed by atoms with van der Waals surface area (Å²) in [4.78, 5) is 24.8. The van der Waals surface area contributed by atoms with E-state index < -0.39 is 0 Å². The van der Waals surface area contributed by atoms with Gasteiger partial charge in [-0.25, -0.2) is 0 Å². The number of ether oxygens (including phenoxy) is 2. The molecule has 0 radical (unpaired) electrons. The van der Waals surface area contributed by atoms with Crippen LogP contribution in [0, 0.1) is 39.9 Å². The fourth-order valence-electron chi connectivity index (χ4n) is 10.8. The van der Waals surface area contributed by atoms with Crippen molar-refractivity contribution in [3.8, 4) is 0 Å². The molecule has 0 N–H and O–H groups in total. The van der Waals surface area contributed by atoms with Gasteiger partial charge in [-0.1, -0.05) is 26.7 Å². The quantitative estimate of drug-likeness (QED) is 0.432. The van der Waals surface area contributed by atoms with Gasteiger partial charge < -0.3 is 9.47 Å². The van der Waals surface area contributed by atoms with Crippen LogP contribution in [0.2, 0.25) is 0 Å². The lowest BCUT2D eigenvalue weighted by Crippen LogP contribution is -2.60. The normalized spacial score (nSPS) is 56.9. The molecule has 0 aromatic heterocycles. The van der Waals surface area contributed by atoms with E-state index in [1.807, 2.05) is 6.92 Å². The molecule has 5 aliphatic carbocycles. The lowest BCUT2D eigenvalue weighted by Gasteiger charge is -2.61. The van der Waals surface area contributed by atoms with E-state index >= 15 is 0 Å². The maximum atomic E-state index is 13.2. The third-order valence-electron chi connectivity index (χ3n) is 12.0. The van der Waals surface area contributed by atoms with Gasteiger partial charge in [0.15, 0.2) is 0 Å². The van der Waals surface area contributed by atoms with Crippen LogP contribution >= 0.6 is 0 Å². The molecule has 10 atom stereocenters. The van der Waals surface area contributed by atoms with Gasteiger partial charge in [-0.3, -0.25) is 9.59 Å². The van der Waals surface area contributed by atoms with E-state index in [-0.39, 0.29) is 33.9 Å². The highest BCUT2D eigenvalue weighted by atomic mass is 16.6. The molecule has 6 fully saturated rings.